The number of fused-ring (bicyclic) bond motifs is 1. The van der Waals surface area contributed by atoms with E-state index in [1.807, 2.05) is 6.07 Å². The molecule has 0 fully saturated rings. The van der Waals surface area contributed by atoms with Crippen LogP contribution in [0.3, 0.4) is 0 Å². The molecule has 0 bridgehead atoms. The third-order valence-corrected chi connectivity index (χ3v) is 3.63. The van der Waals surface area contributed by atoms with Crippen LogP contribution in [0.2, 0.25) is 0 Å². The second-order valence-electron chi connectivity index (χ2n) is 5.18. The lowest BCUT2D eigenvalue weighted by atomic mass is 10.1. The summed E-state index contributed by atoms with van der Waals surface area (Å²) in [5, 5.41) is 20.7. The van der Waals surface area contributed by atoms with Crippen LogP contribution < -0.4 is 10.7 Å². The zero-order valence-corrected chi connectivity index (χ0v) is 12.8. The average Bonchev–Trinajstić information content (AvgIpc) is 2.62. The van der Waals surface area contributed by atoms with Crippen LogP contribution in [0.15, 0.2) is 59.5 Å². The molecule has 0 aliphatic rings. The summed E-state index contributed by atoms with van der Waals surface area (Å²) in [5.74, 6) is -1.41. The molecule has 1 aromatic heterocycles. The molecule has 1 heterocycles. The number of rotatable bonds is 2. The summed E-state index contributed by atoms with van der Waals surface area (Å²) in [4.78, 5) is 36.1. The number of aromatic carboxylic acids is 1. The van der Waals surface area contributed by atoms with Gasteiger partial charge in [0.1, 0.15) is 5.56 Å². The Hall–Kier alpha value is -3.92. The van der Waals surface area contributed by atoms with Gasteiger partial charge in [0.25, 0.3) is 0 Å². The quantitative estimate of drug-likeness (QED) is 0.748. The number of anilines is 1. The molecule has 3 aromatic rings. The van der Waals surface area contributed by atoms with Crippen LogP contribution in [-0.4, -0.2) is 21.7 Å². The fraction of sp³-hybridized carbons (Fsp3) is 0. The van der Waals surface area contributed by atoms with Crippen LogP contribution in [0.1, 0.15) is 15.9 Å². The molecule has 0 saturated heterocycles. The first-order valence-electron chi connectivity index (χ1n) is 7.20. The Kier molecular flexibility index (Phi) is 4.02. The number of nitriles is 1. The van der Waals surface area contributed by atoms with E-state index >= 15 is 0 Å². The van der Waals surface area contributed by atoms with Crippen molar-refractivity contribution < 1.29 is 14.7 Å². The van der Waals surface area contributed by atoms with Crippen molar-refractivity contribution >= 4 is 28.6 Å². The van der Waals surface area contributed by atoms with Crippen LogP contribution in [0, 0.1) is 11.3 Å². The number of carbonyl (C=O) groups excluding carboxylic acids is 1. The van der Waals surface area contributed by atoms with E-state index < -0.39 is 23.0 Å². The van der Waals surface area contributed by atoms with Gasteiger partial charge in [0.15, 0.2) is 0 Å². The molecule has 25 heavy (non-hydrogen) atoms. The second-order valence-corrected chi connectivity index (χ2v) is 5.18. The predicted molar refractivity (Wildman–Crippen MR) is 90.7 cm³/mol. The van der Waals surface area contributed by atoms with Crippen molar-refractivity contribution in [2.75, 3.05) is 5.32 Å². The second kappa shape index (κ2) is 6.29. The minimum absolute atomic E-state index is 0.136. The molecule has 0 radical (unpaired) electrons. The highest BCUT2D eigenvalue weighted by molar-refractivity contribution is 6.00. The van der Waals surface area contributed by atoms with E-state index in [4.69, 9.17) is 5.26 Å². The number of para-hydroxylation sites is 1. The van der Waals surface area contributed by atoms with Gasteiger partial charge in [-0.25, -0.2) is 9.59 Å². The number of benzene rings is 2. The molecule has 0 spiro atoms. The maximum atomic E-state index is 12.6. The lowest BCUT2D eigenvalue weighted by Gasteiger charge is -2.12. The van der Waals surface area contributed by atoms with E-state index in [1.165, 1.54) is 6.07 Å². The van der Waals surface area contributed by atoms with Gasteiger partial charge in [0.2, 0.25) is 5.43 Å². The molecular formula is C18H11N3O4. The largest absolute Gasteiger partial charge is 0.477 e. The minimum atomic E-state index is -1.41. The molecule has 1 amide bonds. The highest BCUT2D eigenvalue weighted by atomic mass is 16.4. The number of pyridine rings is 1. The lowest BCUT2D eigenvalue weighted by molar-refractivity contribution is 0.0695. The number of carboxylic acid groups (broad SMARTS) is 1. The number of nitrogens with one attached hydrogen (secondary N) is 1. The van der Waals surface area contributed by atoms with Gasteiger partial charge in [0, 0.05) is 17.3 Å². The van der Waals surface area contributed by atoms with E-state index in [0.717, 1.165) is 10.8 Å². The smallest absolute Gasteiger partial charge is 0.341 e. The maximum Gasteiger partial charge on any atom is 0.341 e. The minimum Gasteiger partial charge on any atom is -0.477 e. The molecule has 0 saturated carbocycles. The Morgan fingerprint density at radius 3 is 2.40 bits per heavy atom. The summed E-state index contributed by atoms with van der Waals surface area (Å²) in [6, 6.07) is 13.8. The van der Waals surface area contributed by atoms with Crippen LogP contribution in [0.4, 0.5) is 10.5 Å². The molecular weight excluding hydrogens is 322 g/mol. The van der Waals surface area contributed by atoms with Crippen LogP contribution >= 0.6 is 0 Å². The van der Waals surface area contributed by atoms with Crippen molar-refractivity contribution in [3.05, 3.63) is 76.1 Å². The van der Waals surface area contributed by atoms with Crippen molar-refractivity contribution in [3.8, 4) is 6.07 Å². The summed E-state index contributed by atoms with van der Waals surface area (Å²) >= 11 is 0. The number of carbonyl (C=O) groups is 2. The first kappa shape index (κ1) is 16.0. The van der Waals surface area contributed by atoms with E-state index in [0.29, 0.717) is 16.8 Å². The molecule has 122 valence electrons. The highest BCUT2D eigenvalue weighted by Crippen LogP contribution is 2.14. The SMILES string of the molecule is N#Cc1ccc(NC(=O)n2cc(C(=O)O)c(=O)c3ccccc32)cc1. The first-order chi connectivity index (χ1) is 12.0. The van der Waals surface area contributed by atoms with Crippen molar-refractivity contribution in [2.45, 2.75) is 0 Å². The predicted octanol–water partition coefficient (Wildman–Crippen LogP) is 2.65. The molecule has 2 aromatic carbocycles. The molecule has 2 N–H and O–H groups in total. The van der Waals surface area contributed by atoms with Crippen LogP contribution in [-0.2, 0) is 0 Å². The molecule has 3 rings (SSSR count). The van der Waals surface area contributed by atoms with Gasteiger partial charge in [-0.15, -0.1) is 0 Å². The summed E-state index contributed by atoms with van der Waals surface area (Å²) < 4.78 is 1.08. The standard InChI is InChI=1S/C18H11N3O4/c19-9-11-5-7-12(8-6-11)20-18(25)21-10-14(17(23)24)16(22)13-3-1-2-4-15(13)21/h1-8,10H,(H,20,25)(H,23,24). The first-order valence-corrected chi connectivity index (χ1v) is 7.20. The number of aromatic nitrogens is 1. The number of hydrogen-bond donors (Lipinski definition) is 2. The summed E-state index contributed by atoms with van der Waals surface area (Å²) in [6.45, 7) is 0. The summed E-state index contributed by atoms with van der Waals surface area (Å²) in [5.41, 5.74) is 0.0338. The molecule has 0 unspecified atom stereocenters. The van der Waals surface area contributed by atoms with Crippen molar-refractivity contribution in [1.82, 2.24) is 4.57 Å². The number of amides is 1. The Balaban J connectivity index is 2.09. The highest BCUT2D eigenvalue weighted by Gasteiger charge is 2.17. The Bertz CT molecular complexity index is 1090. The molecule has 0 atom stereocenters. The maximum absolute atomic E-state index is 12.6. The summed E-state index contributed by atoms with van der Waals surface area (Å²) in [6.07, 6.45) is 1.01. The van der Waals surface area contributed by atoms with E-state index in [9.17, 15) is 19.5 Å². The summed E-state index contributed by atoms with van der Waals surface area (Å²) in [7, 11) is 0. The Labute approximate surface area is 141 Å². The lowest BCUT2D eigenvalue weighted by Crippen LogP contribution is -2.25. The van der Waals surface area contributed by atoms with Crippen LogP contribution in [0.5, 0.6) is 0 Å². The van der Waals surface area contributed by atoms with Gasteiger partial charge in [-0.05, 0) is 36.4 Å². The van der Waals surface area contributed by atoms with Crippen molar-refractivity contribution in [1.29, 1.82) is 5.26 Å². The van der Waals surface area contributed by atoms with Gasteiger partial charge in [-0.1, -0.05) is 12.1 Å². The molecule has 7 heteroatoms. The molecule has 0 aliphatic heterocycles. The van der Waals surface area contributed by atoms with E-state index in [1.54, 1.807) is 42.5 Å². The zero-order valence-electron chi connectivity index (χ0n) is 12.8. The monoisotopic (exact) mass is 333 g/mol. The van der Waals surface area contributed by atoms with Crippen molar-refractivity contribution in [2.24, 2.45) is 0 Å². The topological polar surface area (TPSA) is 112 Å². The fourth-order valence-electron chi connectivity index (χ4n) is 2.41. The van der Waals surface area contributed by atoms with Crippen LogP contribution in [0.25, 0.3) is 10.9 Å². The van der Waals surface area contributed by atoms with Gasteiger partial charge in [-0.3, -0.25) is 9.36 Å². The number of nitrogens with zero attached hydrogens (tertiary/aromatic N) is 2. The van der Waals surface area contributed by atoms with Gasteiger partial charge in [-0.2, -0.15) is 5.26 Å². The zero-order chi connectivity index (χ0) is 18.0. The Morgan fingerprint density at radius 1 is 1.08 bits per heavy atom. The number of hydrogen-bond acceptors (Lipinski definition) is 4. The van der Waals surface area contributed by atoms with Gasteiger partial charge < -0.3 is 10.4 Å². The van der Waals surface area contributed by atoms with E-state index in [-0.39, 0.29) is 5.39 Å². The van der Waals surface area contributed by atoms with Crippen molar-refractivity contribution in [3.63, 3.8) is 0 Å². The third-order valence-electron chi connectivity index (χ3n) is 3.63. The normalized spacial score (nSPS) is 10.2. The van der Waals surface area contributed by atoms with Gasteiger partial charge in [0.05, 0.1) is 17.1 Å². The molecule has 0 aliphatic carbocycles. The van der Waals surface area contributed by atoms with E-state index in [2.05, 4.69) is 5.32 Å². The molecule has 7 nitrogen and oxygen atoms in total. The average molecular weight is 333 g/mol. The van der Waals surface area contributed by atoms with Gasteiger partial charge >= 0.3 is 12.0 Å². The Morgan fingerprint density at radius 2 is 1.76 bits per heavy atom. The third kappa shape index (κ3) is 2.96. The number of carboxylic acids is 1. The fourth-order valence-corrected chi connectivity index (χ4v) is 2.41.